The Morgan fingerprint density at radius 2 is 1.11 bits per heavy atom. The number of rotatable bonds is 9. The molecule has 0 aliphatic heterocycles. The quantitative estimate of drug-likeness (QED) is 0.194. The smallest absolute Gasteiger partial charge is 0.354 e. The van der Waals surface area contributed by atoms with Crippen molar-refractivity contribution in [3.05, 3.63) is 126 Å². The Morgan fingerprint density at radius 3 is 1.55 bits per heavy atom. The third-order valence-electron chi connectivity index (χ3n) is 6.41. The fourth-order valence-electron chi connectivity index (χ4n) is 4.30. The summed E-state index contributed by atoms with van der Waals surface area (Å²) in [5.41, 5.74) is 6.32. The molecule has 8 heteroatoms. The first-order chi connectivity index (χ1) is 21.2. The molecular formula is C36H36N2O6. The molecule has 0 saturated heterocycles. The van der Waals surface area contributed by atoms with Gasteiger partial charge in [0.25, 0.3) is 0 Å². The average molecular weight is 593 g/mol. The molecule has 8 nitrogen and oxygen atoms in total. The number of nitrogens with one attached hydrogen (secondary N) is 2. The predicted octanol–water partition coefficient (Wildman–Crippen LogP) is 5.58. The van der Waals surface area contributed by atoms with Crippen LogP contribution in [0.25, 0.3) is 28.3 Å². The van der Waals surface area contributed by atoms with E-state index in [1.165, 1.54) is 28.1 Å². The Morgan fingerprint density at radius 1 is 0.636 bits per heavy atom. The minimum absolute atomic E-state index is 0.113. The number of ether oxygens (including phenoxy) is 2. The zero-order chi connectivity index (χ0) is 31.9. The van der Waals surface area contributed by atoms with Crippen LogP contribution >= 0.6 is 0 Å². The molecule has 0 aromatic heterocycles. The number of carbonyl (C=O) groups is 4. The van der Waals surface area contributed by atoms with Crippen molar-refractivity contribution in [1.82, 2.24) is 10.6 Å². The molecule has 0 heterocycles. The summed E-state index contributed by atoms with van der Waals surface area (Å²) in [7, 11) is 2.59. The van der Waals surface area contributed by atoms with Crippen LogP contribution in [0, 0.1) is 0 Å². The maximum atomic E-state index is 11.7. The Bertz CT molecular complexity index is 1560. The fraction of sp³-hybridized carbons (Fsp3) is 0.167. The monoisotopic (exact) mass is 592 g/mol. The molecule has 2 amide bonds. The van der Waals surface area contributed by atoms with Gasteiger partial charge in [-0.2, -0.15) is 0 Å². The minimum Gasteiger partial charge on any atom is -0.467 e. The van der Waals surface area contributed by atoms with E-state index in [9.17, 15) is 19.2 Å². The van der Waals surface area contributed by atoms with Gasteiger partial charge in [0.1, 0.15) is 11.7 Å². The summed E-state index contributed by atoms with van der Waals surface area (Å²) < 4.78 is 9.38. The Kier molecular flexibility index (Phi) is 12.6. The number of carbonyl (C=O) groups excluding carboxylic acids is 4. The molecule has 0 saturated carbocycles. The molecule has 4 aromatic rings. The molecule has 44 heavy (non-hydrogen) atoms. The van der Waals surface area contributed by atoms with E-state index in [-0.39, 0.29) is 17.5 Å². The second-order valence-electron chi connectivity index (χ2n) is 9.76. The van der Waals surface area contributed by atoms with E-state index in [4.69, 9.17) is 4.74 Å². The summed E-state index contributed by atoms with van der Waals surface area (Å²) in [4.78, 5) is 45.7. The van der Waals surface area contributed by atoms with E-state index in [0.29, 0.717) is 6.42 Å². The molecule has 2 N–H and O–H groups in total. The van der Waals surface area contributed by atoms with Crippen LogP contribution in [-0.4, -0.2) is 44.0 Å². The molecule has 226 valence electrons. The molecule has 0 bridgehead atoms. The van der Waals surface area contributed by atoms with Gasteiger partial charge >= 0.3 is 11.9 Å². The van der Waals surface area contributed by atoms with Gasteiger partial charge in [-0.25, -0.2) is 9.59 Å². The van der Waals surface area contributed by atoms with Crippen molar-refractivity contribution in [3.8, 4) is 22.3 Å². The van der Waals surface area contributed by atoms with Crippen LogP contribution in [0.5, 0.6) is 0 Å². The number of hydrogen-bond donors (Lipinski definition) is 2. The van der Waals surface area contributed by atoms with E-state index in [1.54, 1.807) is 6.08 Å². The van der Waals surface area contributed by atoms with Crippen LogP contribution in [0.15, 0.2) is 115 Å². The first-order valence-corrected chi connectivity index (χ1v) is 13.9. The molecular weight excluding hydrogens is 556 g/mol. The van der Waals surface area contributed by atoms with Gasteiger partial charge < -0.3 is 20.1 Å². The van der Waals surface area contributed by atoms with Crippen molar-refractivity contribution in [2.45, 2.75) is 26.3 Å². The van der Waals surface area contributed by atoms with Gasteiger partial charge in [0, 0.05) is 20.3 Å². The largest absolute Gasteiger partial charge is 0.467 e. The van der Waals surface area contributed by atoms with Crippen LogP contribution in [0.2, 0.25) is 0 Å². The van der Waals surface area contributed by atoms with Crippen molar-refractivity contribution < 1.29 is 28.7 Å². The van der Waals surface area contributed by atoms with Gasteiger partial charge in [0.2, 0.25) is 11.8 Å². The van der Waals surface area contributed by atoms with Crippen molar-refractivity contribution >= 4 is 29.8 Å². The van der Waals surface area contributed by atoms with Crippen molar-refractivity contribution in [1.29, 1.82) is 0 Å². The van der Waals surface area contributed by atoms with Gasteiger partial charge in [-0.05, 0) is 39.5 Å². The molecule has 4 aromatic carbocycles. The lowest BCUT2D eigenvalue weighted by Crippen LogP contribution is -2.41. The minimum atomic E-state index is -0.662. The van der Waals surface area contributed by atoms with Gasteiger partial charge in [0.15, 0.2) is 0 Å². The summed E-state index contributed by atoms with van der Waals surface area (Å²) in [6.07, 6.45) is 1.99. The molecule has 0 fully saturated rings. The van der Waals surface area contributed by atoms with Crippen molar-refractivity contribution in [3.63, 3.8) is 0 Å². The predicted molar refractivity (Wildman–Crippen MR) is 171 cm³/mol. The van der Waals surface area contributed by atoms with E-state index >= 15 is 0 Å². The third kappa shape index (κ3) is 10.4. The van der Waals surface area contributed by atoms with Gasteiger partial charge in [-0.15, -0.1) is 0 Å². The summed E-state index contributed by atoms with van der Waals surface area (Å²) >= 11 is 0. The number of hydrogen-bond acceptors (Lipinski definition) is 6. The Labute approximate surface area is 257 Å². The molecule has 1 unspecified atom stereocenters. The second kappa shape index (κ2) is 16.8. The topological polar surface area (TPSA) is 111 Å². The average Bonchev–Trinajstić information content (AvgIpc) is 3.05. The molecule has 0 aliphatic carbocycles. The first kappa shape index (κ1) is 33.0. The van der Waals surface area contributed by atoms with E-state index < -0.39 is 18.0 Å². The normalized spacial score (nSPS) is 11.2. The lowest BCUT2D eigenvalue weighted by molar-refractivity contribution is -0.144. The van der Waals surface area contributed by atoms with Gasteiger partial charge in [-0.1, -0.05) is 109 Å². The molecule has 0 spiro atoms. The van der Waals surface area contributed by atoms with Crippen LogP contribution in [-0.2, 0) is 35.1 Å². The lowest BCUT2D eigenvalue weighted by Gasteiger charge is -2.15. The highest BCUT2D eigenvalue weighted by Crippen LogP contribution is 2.21. The molecule has 1 atom stereocenters. The Hall–Kier alpha value is -5.50. The summed E-state index contributed by atoms with van der Waals surface area (Å²) in [5, 5.41) is 5.08. The standard InChI is InChI=1S/C18H19NO3.C18H17NO3/c2*1-13(20)19-17(18(21)22-2)12-14-8-10-16(11-9-14)15-6-4-3-5-7-15/h3-11,17H,12H2,1-2H3,(H,19,20);3-12H,1-2H3,(H,19,20). The van der Waals surface area contributed by atoms with Gasteiger partial charge in [0.05, 0.1) is 14.2 Å². The van der Waals surface area contributed by atoms with Gasteiger partial charge in [-0.3, -0.25) is 9.59 Å². The van der Waals surface area contributed by atoms with E-state index in [2.05, 4.69) is 15.4 Å². The number of amides is 2. The van der Waals surface area contributed by atoms with E-state index in [1.807, 2.05) is 109 Å². The number of methoxy groups -OCH3 is 2. The third-order valence-corrected chi connectivity index (χ3v) is 6.41. The second-order valence-corrected chi connectivity index (χ2v) is 9.76. The maximum absolute atomic E-state index is 11.7. The van der Waals surface area contributed by atoms with Crippen molar-refractivity contribution in [2.24, 2.45) is 0 Å². The van der Waals surface area contributed by atoms with Crippen molar-refractivity contribution in [2.75, 3.05) is 14.2 Å². The summed E-state index contributed by atoms with van der Waals surface area (Å²) in [5.74, 6) is -1.60. The maximum Gasteiger partial charge on any atom is 0.354 e. The first-order valence-electron chi connectivity index (χ1n) is 13.9. The van der Waals surface area contributed by atoms with E-state index in [0.717, 1.165) is 33.4 Å². The van der Waals surface area contributed by atoms with Crippen LogP contribution in [0.3, 0.4) is 0 Å². The highest BCUT2D eigenvalue weighted by atomic mass is 16.5. The van der Waals surface area contributed by atoms with Crippen LogP contribution < -0.4 is 10.6 Å². The Balaban J connectivity index is 0.000000240. The number of benzene rings is 4. The molecule has 0 aliphatic rings. The highest BCUT2D eigenvalue weighted by Gasteiger charge is 2.20. The zero-order valence-electron chi connectivity index (χ0n) is 25.2. The summed E-state index contributed by atoms with van der Waals surface area (Å²) in [6.45, 7) is 2.73. The summed E-state index contributed by atoms with van der Waals surface area (Å²) in [6, 6.07) is 35.0. The highest BCUT2D eigenvalue weighted by molar-refractivity contribution is 5.97. The molecule has 4 rings (SSSR count). The SMILES string of the molecule is COC(=O)C(=Cc1ccc(-c2ccccc2)cc1)NC(C)=O.COC(=O)C(Cc1ccc(-c2ccccc2)cc1)NC(C)=O. The van der Waals surface area contributed by atoms with Crippen LogP contribution in [0.4, 0.5) is 0 Å². The zero-order valence-corrected chi connectivity index (χ0v) is 25.2. The molecule has 0 radical (unpaired) electrons. The lowest BCUT2D eigenvalue weighted by atomic mass is 10.0. The number of esters is 2. The fourth-order valence-corrected chi connectivity index (χ4v) is 4.30. The van der Waals surface area contributed by atoms with Crippen LogP contribution in [0.1, 0.15) is 25.0 Å².